The van der Waals surface area contributed by atoms with E-state index in [9.17, 15) is 4.79 Å². The van der Waals surface area contributed by atoms with Crippen molar-refractivity contribution < 1.29 is 14.3 Å². The summed E-state index contributed by atoms with van der Waals surface area (Å²) < 4.78 is 13.0. The highest BCUT2D eigenvalue weighted by atomic mass is 16.5. The Labute approximate surface area is 181 Å². The predicted octanol–water partition coefficient (Wildman–Crippen LogP) is 4.18. The molecule has 7 heteroatoms. The highest BCUT2D eigenvalue weighted by Gasteiger charge is 2.34. The fourth-order valence-electron chi connectivity index (χ4n) is 3.50. The number of esters is 1. The first-order valence-corrected chi connectivity index (χ1v) is 10.0. The van der Waals surface area contributed by atoms with E-state index in [2.05, 4.69) is 41.0 Å². The van der Waals surface area contributed by atoms with Gasteiger partial charge in [0, 0.05) is 5.70 Å². The van der Waals surface area contributed by atoms with E-state index in [4.69, 9.17) is 9.47 Å². The summed E-state index contributed by atoms with van der Waals surface area (Å²) in [5.41, 5.74) is 4.28. The average molecular weight is 416 g/mol. The summed E-state index contributed by atoms with van der Waals surface area (Å²) in [6.45, 7) is 8.07. The Balaban J connectivity index is 1.64. The van der Waals surface area contributed by atoms with Crippen LogP contribution in [0, 0.1) is 6.92 Å². The number of ether oxygens (including phenoxy) is 2. The molecule has 3 aromatic rings. The number of allylic oxidation sites excluding steroid dienone is 1. The molecule has 7 nitrogen and oxygen atoms in total. The molecule has 1 unspecified atom stereocenters. The third-order valence-electron chi connectivity index (χ3n) is 5.05. The standard InChI is InChI=1S/C24H24N4O3/c1-4-12-30-23(29)21-17(3)27-24-25-15-26-28(24)22(21)19-6-5-7-20(13-19)31-14-18-10-8-16(2)9-11-18/h4-11,13,15,22H,1,12,14H2,2-3H3,(H,25,26,27). The number of hydrogen-bond acceptors (Lipinski definition) is 6. The molecule has 0 aliphatic carbocycles. The predicted molar refractivity (Wildman–Crippen MR) is 118 cm³/mol. The van der Waals surface area contributed by atoms with Gasteiger partial charge >= 0.3 is 5.97 Å². The van der Waals surface area contributed by atoms with E-state index in [1.807, 2.05) is 43.3 Å². The lowest BCUT2D eigenvalue weighted by Crippen LogP contribution is -2.29. The number of hydrogen-bond donors (Lipinski definition) is 1. The number of nitrogens with zero attached hydrogens (tertiary/aromatic N) is 3. The van der Waals surface area contributed by atoms with E-state index in [0.717, 1.165) is 11.1 Å². The molecule has 4 rings (SSSR count). The van der Waals surface area contributed by atoms with Crippen LogP contribution in [-0.2, 0) is 16.1 Å². The van der Waals surface area contributed by atoms with Crippen LogP contribution < -0.4 is 10.1 Å². The second kappa shape index (κ2) is 8.87. The van der Waals surface area contributed by atoms with E-state index in [1.165, 1.54) is 11.9 Å². The third-order valence-corrected chi connectivity index (χ3v) is 5.05. The Kier molecular flexibility index (Phi) is 5.84. The van der Waals surface area contributed by atoms with Gasteiger partial charge in [-0.05, 0) is 37.1 Å². The van der Waals surface area contributed by atoms with Crippen molar-refractivity contribution in [2.45, 2.75) is 26.5 Å². The molecule has 0 bridgehead atoms. The van der Waals surface area contributed by atoms with Crippen molar-refractivity contribution in [2.24, 2.45) is 0 Å². The third kappa shape index (κ3) is 4.35. The first-order valence-electron chi connectivity index (χ1n) is 10.0. The SMILES string of the molecule is C=CCOC(=O)C1=C(C)Nc2ncnn2C1c1cccc(OCc2ccc(C)cc2)c1. The van der Waals surface area contributed by atoms with Crippen LogP contribution in [0.1, 0.15) is 29.7 Å². The maximum atomic E-state index is 12.8. The molecule has 0 amide bonds. The van der Waals surface area contributed by atoms with Crippen molar-refractivity contribution in [2.75, 3.05) is 11.9 Å². The maximum absolute atomic E-state index is 12.8. The highest BCUT2D eigenvalue weighted by Crippen LogP contribution is 2.36. The second-order valence-corrected chi connectivity index (χ2v) is 7.33. The fourth-order valence-corrected chi connectivity index (χ4v) is 3.50. The Morgan fingerprint density at radius 3 is 2.81 bits per heavy atom. The largest absolute Gasteiger partial charge is 0.489 e. The topological polar surface area (TPSA) is 78.3 Å². The lowest BCUT2D eigenvalue weighted by atomic mass is 9.95. The Morgan fingerprint density at radius 2 is 2.03 bits per heavy atom. The van der Waals surface area contributed by atoms with E-state index >= 15 is 0 Å². The molecule has 0 spiro atoms. The smallest absolute Gasteiger partial charge is 0.338 e. The van der Waals surface area contributed by atoms with Crippen LogP contribution in [0.4, 0.5) is 5.95 Å². The monoisotopic (exact) mass is 416 g/mol. The molecule has 2 aromatic carbocycles. The van der Waals surface area contributed by atoms with Gasteiger partial charge < -0.3 is 14.8 Å². The maximum Gasteiger partial charge on any atom is 0.338 e. The van der Waals surface area contributed by atoms with Crippen molar-refractivity contribution >= 4 is 11.9 Å². The molecule has 158 valence electrons. The van der Waals surface area contributed by atoms with Crippen molar-refractivity contribution in [1.82, 2.24) is 14.8 Å². The summed E-state index contributed by atoms with van der Waals surface area (Å²) in [6, 6.07) is 15.4. The molecule has 2 heterocycles. The minimum Gasteiger partial charge on any atom is -0.489 e. The van der Waals surface area contributed by atoms with Gasteiger partial charge in [-0.3, -0.25) is 0 Å². The quantitative estimate of drug-likeness (QED) is 0.460. The minimum absolute atomic E-state index is 0.131. The molecule has 1 aromatic heterocycles. The zero-order valence-electron chi connectivity index (χ0n) is 17.5. The fraction of sp³-hybridized carbons (Fsp3) is 0.208. The number of aryl methyl sites for hydroxylation is 1. The van der Waals surface area contributed by atoms with Crippen molar-refractivity contribution in [3.8, 4) is 5.75 Å². The molecule has 1 aliphatic heterocycles. The van der Waals surface area contributed by atoms with E-state index < -0.39 is 12.0 Å². The highest BCUT2D eigenvalue weighted by molar-refractivity contribution is 5.92. The number of rotatable bonds is 7. The van der Waals surface area contributed by atoms with Crippen LogP contribution in [-0.4, -0.2) is 27.3 Å². The minimum atomic E-state index is -0.487. The van der Waals surface area contributed by atoms with Crippen LogP contribution in [0.25, 0.3) is 0 Å². The summed E-state index contributed by atoms with van der Waals surface area (Å²) >= 11 is 0. The number of anilines is 1. The number of benzene rings is 2. The Bertz CT molecular complexity index is 1130. The Hall–Kier alpha value is -3.87. The van der Waals surface area contributed by atoms with Gasteiger partial charge in [0.15, 0.2) is 0 Å². The number of aromatic nitrogens is 3. The molecule has 0 saturated carbocycles. The first kappa shape index (κ1) is 20.4. The zero-order chi connectivity index (χ0) is 21.8. The summed E-state index contributed by atoms with van der Waals surface area (Å²) in [5.74, 6) is 0.838. The zero-order valence-corrected chi connectivity index (χ0v) is 17.5. The molecule has 1 aliphatic rings. The molecule has 1 N–H and O–H groups in total. The summed E-state index contributed by atoms with van der Waals surface area (Å²) in [7, 11) is 0. The molecule has 31 heavy (non-hydrogen) atoms. The Morgan fingerprint density at radius 1 is 1.23 bits per heavy atom. The van der Waals surface area contributed by atoms with Crippen LogP contribution in [0.15, 0.2) is 78.8 Å². The number of carbonyl (C=O) groups excluding carboxylic acids is 1. The van der Waals surface area contributed by atoms with Gasteiger partial charge in [-0.2, -0.15) is 10.1 Å². The second-order valence-electron chi connectivity index (χ2n) is 7.33. The molecular formula is C24H24N4O3. The lowest BCUT2D eigenvalue weighted by Gasteiger charge is -2.28. The van der Waals surface area contributed by atoms with Crippen molar-refractivity contribution in [1.29, 1.82) is 0 Å². The average Bonchev–Trinajstić information content (AvgIpc) is 3.24. The van der Waals surface area contributed by atoms with E-state index in [1.54, 1.807) is 10.8 Å². The number of fused-ring (bicyclic) bond motifs is 1. The van der Waals surface area contributed by atoms with Crippen LogP contribution in [0.2, 0.25) is 0 Å². The van der Waals surface area contributed by atoms with Gasteiger partial charge in [-0.15, -0.1) is 0 Å². The lowest BCUT2D eigenvalue weighted by molar-refractivity contribution is -0.138. The van der Waals surface area contributed by atoms with Gasteiger partial charge in [0.05, 0.1) is 5.57 Å². The van der Waals surface area contributed by atoms with Crippen LogP contribution in [0.3, 0.4) is 0 Å². The van der Waals surface area contributed by atoms with Gasteiger partial charge in [0.2, 0.25) is 5.95 Å². The normalized spacial score (nSPS) is 15.1. The number of nitrogens with one attached hydrogen (secondary N) is 1. The molecule has 0 fully saturated rings. The first-order chi connectivity index (χ1) is 15.1. The van der Waals surface area contributed by atoms with E-state index in [-0.39, 0.29) is 6.61 Å². The summed E-state index contributed by atoms with van der Waals surface area (Å²) in [5, 5.41) is 7.46. The van der Waals surface area contributed by atoms with Gasteiger partial charge in [-0.1, -0.05) is 54.6 Å². The molecule has 0 radical (unpaired) electrons. The van der Waals surface area contributed by atoms with E-state index in [0.29, 0.717) is 29.6 Å². The summed E-state index contributed by atoms with van der Waals surface area (Å²) in [6.07, 6.45) is 3.00. The molecule has 0 saturated heterocycles. The van der Waals surface area contributed by atoms with Gasteiger partial charge in [0.1, 0.15) is 31.3 Å². The molecular weight excluding hydrogens is 392 g/mol. The molecule has 1 atom stereocenters. The van der Waals surface area contributed by atoms with Gasteiger partial charge in [-0.25, -0.2) is 9.48 Å². The van der Waals surface area contributed by atoms with Crippen molar-refractivity contribution in [3.63, 3.8) is 0 Å². The van der Waals surface area contributed by atoms with Gasteiger partial charge in [0.25, 0.3) is 0 Å². The van der Waals surface area contributed by atoms with Crippen molar-refractivity contribution in [3.05, 3.63) is 95.5 Å². The van der Waals surface area contributed by atoms with Crippen LogP contribution in [0.5, 0.6) is 5.75 Å². The summed E-state index contributed by atoms with van der Waals surface area (Å²) in [4.78, 5) is 17.1. The van der Waals surface area contributed by atoms with Crippen LogP contribution >= 0.6 is 0 Å². The number of carbonyl (C=O) groups is 1.